The number of carboxylic acids is 2. The fourth-order valence-corrected chi connectivity index (χ4v) is 3.77. The lowest BCUT2D eigenvalue weighted by Crippen LogP contribution is -2.63. The van der Waals surface area contributed by atoms with Gasteiger partial charge in [-0.3, -0.25) is 4.79 Å². The molecule has 11 atom stereocenters. The SMILES string of the molecule is C[N+](C)(C)CC(=O)[O-].O=C(O)C1CCCN1.OC[C@H]1O[C@H](O[C@H]2O[C@H](CO)[C@@H](O)[C@H](O)[C@H]2O)[C@H](O)[C@@H](O)[C@@H]1O. The van der Waals surface area contributed by atoms with Crippen molar-refractivity contribution in [2.75, 3.05) is 47.4 Å². The maximum atomic E-state index is 10.1. The Morgan fingerprint density at radius 3 is 1.51 bits per heavy atom. The van der Waals surface area contributed by atoms with Crippen LogP contribution in [0.1, 0.15) is 12.8 Å². The van der Waals surface area contributed by atoms with E-state index in [9.17, 15) is 45.3 Å². The number of nitrogens with one attached hydrogen (secondary N) is 1. The van der Waals surface area contributed by atoms with Crippen LogP contribution in [0.3, 0.4) is 0 Å². The normalized spacial score (nSPS) is 38.6. The van der Waals surface area contributed by atoms with Gasteiger partial charge in [0.1, 0.15) is 61.4 Å². The summed E-state index contributed by atoms with van der Waals surface area (Å²) < 4.78 is 15.7. The fourth-order valence-electron chi connectivity index (χ4n) is 3.77. The van der Waals surface area contributed by atoms with Crippen LogP contribution < -0.4 is 10.4 Å². The first-order valence-corrected chi connectivity index (χ1v) is 12.3. The van der Waals surface area contributed by atoms with E-state index >= 15 is 0 Å². The lowest BCUT2D eigenvalue weighted by Gasteiger charge is -2.44. The van der Waals surface area contributed by atoms with Crippen LogP contribution in [0.4, 0.5) is 0 Å². The van der Waals surface area contributed by atoms with Crippen molar-refractivity contribution < 1.29 is 79.3 Å². The number of likely N-dealkylation sites (N-methyl/N-ethyl adjacent to an activating group) is 1. The molecule has 0 radical (unpaired) electrons. The number of hydrogen-bond donors (Lipinski definition) is 10. The summed E-state index contributed by atoms with van der Waals surface area (Å²) in [4.78, 5) is 20.0. The maximum absolute atomic E-state index is 10.1. The molecule has 0 aromatic carbocycles. The predicted molar refractivity (Wildman–Crippen MR) is 125 cm³/mol. The van der Waals surface area contributed by atoms with E-state index in [4.69, 9.17) is 29.5 Å². The molecule has 0 saturated carbocycles. The minimum absolute atomic E-state index is 0.0694. The first-order chi connectivity index (χ1) is 18.0. The largest absolute Gasteiger partial charge is 0.544 e. The van der Waals surface area contributed by atoms with Crippen molar-refractivity contribution in [1.82, 2.24) is 5.32 Å². The zero-order valence-electron chi connectivity index (χ0n) is 22.0. The lowest BCUT2D eigenvalue weighted by molar-refractivity contribution is -0.864. The highest BCUT2D eigenvalue weighted by molar-refractivity contribution is 5.73. The summed E-state index contributed by atoms with van der Waals surface area (Å²) >= 11 is 0. The molecule has 39 heavy (non-hydrogen) atoms. The second kappa shape index (κ2) is 16.0. The molecule has 0 bridgehead atoms. The molecular weight excluding hydrogens is 532 g/mol. The standard InChI is InChI=1S/C12H22O11.C5H9NO2.C5H11NO2/c13-1-3-5(15)7(17)9(19)11(21-3)23-12-10(20)8(18)6(16)4(2-14)22-12;7-5(8)4-2-1-3-6-4;1-6(2,3)4-5(7)8/h3-20H,1-2H2;4,6H,1-3H2,(H,7,8);4H2,1-3H3/t3-,4-,5-,6-,7+,8+,9-,10-,11-,12-;;/m1../s1. The van der Waals surface area contributed by atoms with Gasteiger partial charge >= 0.3 is 5.97 Å². The topological polar surface area (TPSA) is 279 Å². The number of ether oxygens (including phenoxy) is 3. The average Bonchev–Trinajstić information content (AvgIpc) is 3.39. The van der Waals surface area contributed by atoms with E-state index in [-0.39, 0.29) is 12.6 Å². The second-order valence-corrected chi connectivity index (χ2v) is 10.3. The van der Waals surface area contributed by atoms with Crippen molar-refractivity contribution in [3.05, 3.63) is 0 Å². The van der Waals surface area contributed by atoms with Crippen molar-refractivity contribution in [3.63, 3.8) is 0 Å². The highest BCUT2D eigenvalue weighted by Gasteiger charge is 2.49. The predicted octanol–water partition coefficient (Wildman–Crippen LogP) is -7.13. The zero-order valence-corrected chi connectivity index (χ0v) is 22.0. The Bertz CT molecular complexity index is 709. The van der Waals surface area contributed by atoms with Gasteiger partial charge in [0.2, 0.25) is 0 Å². The Labute approximate surface area is 225 Å². The molecule has 3 heterocycles. The Kier molecular flexibility index (Phi) is 14.6. The fraction of sp³-hybridized carbons (Fsp3) is 0.909. The number of rotatable bonds is 7. The number of carbonyl (C=O) groups is 2. The summed E-state index contributed by atoms with van der Waals surface area (Å²) in [7, 11) is 5.40. The molecule has 3 fully saturated rings. The van der Waals surface area contributed by atoms with Gasteiger partial charge in [0.05, 0.1) is 40.3 Å². The van der Waals surface area contributed by atoms with Crippen molar-refractivity contribution in [2.45, 2.75) is 80.3 Å². The van der Waals surface area contributed by atoms with Gasteiger partial charge in [0, 0.05) is 0 Å². The van der Waals surface area contributed by atoms with E-state index in [2.05, 4.69) is 5.32 Å². The highest BCUT2D eigenvalue weighted by Crippen LogP contribution is 2.27. The zero-order chi connectivity index (χ0) is 30.1. The van der Waals surface area contributed by atoms with Gasteiger partial charge in [0.25, 0.3) is 0 Å². The van der Waals surface area contributed by atoms with Gasteiger partial charge < -0.3 is 79.9 Å². The smallest absolute Gasteiger partial charge is 0.320 e. The number of carboxylic acid groups (broad SMARTS) is 2. The summed E-state index contributed by atoms with van der Waals surface area (Å²) in [5, 5.41) is 97.5. The van der Waals surface area contributed by atoms with Gasteiger partial charge in [-0.15, -0.1) is 0 Å². The average molecular weight is 575 g/mol. The molecule has 0 spiro atoms. The third kappa shape index (κ3) is 11.1. The van der Waals surface area contributed by atoms with Crippen LogP contribution in [-0.2, 0) is 23.8 Å². The third-order valence-electron chi connectivity index (χ3n) is 5.93. The van der Waals surface area contributed by atoms with Crippen LogP contribution in [0.2, 0.25) is 0 Å². The number of quaternary nitrogens is 1. The van der Waals surface area contributed by atoms with Crippen molar-refractivity contribution >= 4 is 11.9 Å². The summed E-state index contributed by atoms with van der Waals surface area (Å²) in [6.45, 7) is -0.407. The van der Waals surface area contributed by atoms with E-state index in [0.29, 0.717) is 4.48 Å². The van der Waals surface area contributed by atoms with E-state index in [0.717, 1.165) is 19.4 Å². The molecule has 3 aliphatic rings. The van der Waals surface area contributed by atoms with Crippen molar-refractivity contribution in [2.24, 2.45) is 0 Å². The number of carbonyl (C=O) groups excluding carboxylic acids is 1. The lowest BCUT2D eigenvalue weighted by atomic mass is 9.98. The van der Waals surface area contributed by atoms with Gasteiger partial charge in [-0.25, -0.2) is 0 Å². The van der Waals surface area contributed by atoms with E-state index in [1.807, 2.05) is 0 Å². The minimum atomic E-state index is -1.72. The number of hydrogen-bond acceptors (Lipinski definition) is 15. The molecule has 10 N–H and O–H groups in total. The molecule has 17 nitrogen and oxygen atoms in total. The Morgan fingerprint density at radius 1 is 0.846 bits per heavy atom. The number of aliphatic carboxylic acids is 2. The molecule has 3 saturated heterocycles. The summed E-state index contributed by atoms with van der Waals surface area (Å²) in [6, 6.07) is -0.269. The maximum Gasteiger partial charge on any atom is 0.320 e. The summed E-state index contributed by atoms with van der Waals surface area (Å²) in [6.07, 6.45) is -13.8. The van der Waals surface area contributed by atoms with Crippen LogP contribution in [0.15, 0.2) is 0 Å². The van der Waals surface area contributed by atoms with Crippen LogP contribution in [0.25, 0.3) is 0 Å². The molecular formula is C22H42N2O15. The molecule has 1 unspecified atom stereocenters. The Balaban J connectivity index is 0.000000387. The van der Waals surface area contributed by atoms with Gasteiger partial charge in [-0.2, -0.15) is 0 Å². The first kappa shape index (κ1) is 35.4. The quantitative estimate of drug-likeness (QED) is 0.126. The van der Waals surface area contributed by atoms with Crippen molar-refractivity contribution in [1.29, 1.82) is 0 Å². The molecule has 17 heteroatoms. The van der Waals surface area contributed by atoms with Crippen LogP contribution in [0, 0.1) is 0 Å². The van der Waals surface area contributed by atoms with Crippen molar-refractivity contribution in [3.8, 4) is 0 Å². The Hall–Kier alpha value is -1.58. The van der Waals surface area contributed by atoms with Crippen LogP contribution in [-0.4, -0.2) is 177 Å². The Morgan fingerprint density at radius 2 is 1.28 bits per heavy atom. The van der Waals surface area contributed by atoms with Crippen LogP contribution in [0.5, 0.6) is 0 Å². The molecule has 3 aliphatic heterocycles. The van der Waals surface area contributed by atoms with Gasteiger partial charge in [-0.05, 0) is 19.4 Å². The summed E-state index contributed by atoms with van der Waals surface area (Å²) in [5.41, 5.74) is 0. The monoisotopic (exact) mass is 574 g/mol. The third-order valence-corrected chi connectivity index (χ3v) is 5.93. The summed E-state index contributed by atoms with van der Waals surface area (Å²) in [5.74, 6) is -1.72. The number of nitrogens with zero attached hydrogens (tertiary/aromatic N) is 1. The second-order valence-electron chi connectivity index (χ2n) is 10.3. The molecule has 0 amide bonds. The number of aliphatic hydroxyl groups excluding tert-OH is 8. The molecule has 0 aromatic heterocycles. The first-order valence-electron chi connectivity index (χ1n) is 12.3. The molecule has 3 rings (SSSR count). The molecule has 0 aliphatic carbocycles. The van der Waals surface area contributed by atoms with E-state index in [1.165, 1.54) is 0 Å². The van der Waals surface area contributed by atoms with Gasteiger partial charge in [-0.1, -0.05) is 0 Å². The molecule has 0 aromatic rings. The van der Waals surface area contributed by atoms with Crippen LogP contribution >= 0.6 is 0 Å². The van der Waals surface area contributed by atoms with E-state index < -0.39 is 86.6 Å². The van der Waals surface area contributed by atoms with E-state index in [1.54, 1.807) is 21.1 Å². The highest BCUT2D eigenvalue weighted by atomic mass is 16.8. The van der Waals surface area contributed by atoms with Gasteiger partial charge in [0.15, 0.2) is 12.6 Å². The molecule has 230 valence electrons. The number of aliphatic hydroxyl groups is 8. The minimum Gasteiger partial charge on any atom is -0.544 e.